The number of nitrogen functional groups attached to an aromatic ring is 1. The second kappa shape index (κ2) is 4.59. The first-order valence-corrected chi connectivity index (χ1v) is 4.51. The molecule has 0 aromatic heterocycles. The molecular weight excluding hydrogens is 194 g/mol. The Morgan fingerprint density at radius 1 is 1.40 bits per heavy atom. The van der Waals surface area contributed by atoms with Crippen molar-refractivity contribution in [1.82, 2.24) is 0 Å². The molecule has 4 nitrogen and oxygen atoms in total. The van der Waals surface area contributed by atoms with Crippen molar-refractivity contribution in [3.8, 4) is 0 Å². The first-order chi connectivity index (χ1) is 7.06. The minimum Gasteiger partial charge on any atom is -0.465 e. The fourth-order valence-electron chi connectivity index (χ4n) is 1.39. The fourth-order valence-corrected chi connectivity index (χ4v) is 1.39. The van der Waals surface area contributed by atoms with E-state index in [4.69, 9.17) is 5.73 Å². The molecule has 0 radical (unpaired) electrons. The number of nitrogens with two attached hydrogens (primary N) is 1. The van der Waals surface area contributed by atoms with Gasteiger partial charge in [0.25, 0.3) is 0 Å². The van der Waals surface area contributed by atoms with E-state index in [2.05, 4.69) is 4.74 Å². The highest BCUT2D eigenvalue weighted by Gasteiger charge is 2.15. The summed E-state index contributed by atoms with van der Waals surface area (Å²) in [5.41, 5.74) is 6.89. The number of carbonyl (C=O) groups is 2. The molecule has 0 heterocycles. The van der Waals surface area contributed by atoms with Crippen LogP contribution in [0.3, 0.4) is 0 Å². The lowest BCUT2D eigenvalue weighted by atomic mass is 10.0. The van der Waals surface area contributed by atoms with Crippen molar-refractivity contribution in [2.45, 2.75) is 13.3 Å². The summed E-state index contributed by atoms with van der Waals surface area (Å²) in [5, 5.41) is 0. The van der Waals surface area contributed by atoms with Gasteiger partial charge in [0.15, 0.2) is 0 Å². The molecule has 4 heteroatoms. The summed E-state index contributed by atoms with van der Waals surface area (Å²) in [5.74, 6) is -0.532. The number of methoxy groups -OCH3 is 1. The Hall–Kier alpha value is -1.84. The van der Waals surface area contributed by atoms with Crippen molar-refractivity contribution in [2.24, 2.45) is 0 Å². The lowest BCUT2D eigenvalue weighted by molar-refractivity contribution is -0.116. The fraction of sp³-hybridized carbons (Fsp3) is 0.273. The molecule has 0 atom stereocenters. The molecule has 0 saturated carbocycles. The van der Waals surface area contributed by atoms with E-state index in [0.717, 1.165) is 0 Å². The smallest absolute Gasteiger partial charge is 0.340 e. The van der Waals surface area contributed by atoms with Gasteiger partial charge in [-0.2, -0.15) is 0 Å². The van der Waals surface area contributed by atoms with Gasteiger partial charge in [-0.25, -0.2) is 4.79 Å². The van der Waals surface area contributed by atoms with Crippen molar-refractivity contribution in [3.63, 3.8) is 0 Å². The van der Waals surface area contributed by atoms with Crippen LogP contribution in [0.4, 0.5) is 5.69 Å². The minimum absolute atomic E-state index is 0.0225. The highest BCUT2D eigenvalue weighted by Crippen LogP contribution is 2.18. The number of ketones is 1. The van der Waals surface area contributed by atoms with Crippen LogP contribution in [0.15, 0.2) is 18.2 Å². The van der Waals surface area contributed by atoms with Crippen LogP contribution in [0.1, 0.15) is 22.8 Å². The maximum Gasteiger partial charge on any atom is 0.340 e. The van der Waals surface area contributed by atoms with E-state index in [-0.39, 0.29) is 17.8 Å². The van der Waals surface area contributed by atoms with Crippen LogP contribution < -0.4 is 5.73 Å². The van der Waals surface area contributed by atoms with Crippen LogP contribution in [-0.2, 0) is 16.0 Å². The highest BCUT2D eigenvalue weighted by molar-refractivity contribution is 5.98. The monoisotopic (exact) mass is 207 g/mol. The number of ether oxygens (including phenoxy) is 1. The number of benzene rings is 1. The summed E-state index contributed by atoms with van der Waals surface area (Å²) >= 11 is 0. The second-order valence-electron chi connectivity index (χ2n) is 3.25. The van der Waals surface area contributed by atoms with E-state index in [1.165, 1.54) is 14.0 Å². The maximum atomic E-state index is 11.4. The van der Waals surface area contributed by atoms with Gasteiger partial charge in [0.1, 0.15) is 5.78 Å². The van der Waals surface area contributed by atoms with E-state index >= 15 is 0 Å². The molecule has 0 unspecified atom stereocenters. The number of esters is 1. The third-order valence-corrected chi connectivity index (χ3v) is 2.01. The number of anilines is 1. The van der Waals surface area contributed by atoms with Gasteiger partial charge >= 0.3 is 5.97 Å². The van der Waals surface area contributed by atoms with Crippen LogP contribution in [0.2, 0.25) is 0 Å². The summed E-state index contributed by atoms with van der Waals surface area (Å²) in [4.78, 5) is 22.4. The zero-order valence-electron chi connectivity index (χ0n) is 8.74. The molecule has 1 rings (SSSR count). The van der Waals surface area contributed by atoms with Crippen LogP contribution in [0.5, 0.6) is 0 Å². The molecule has 1 aromatic rings. The predicted molar refractivity (Wildman–Crippen MR) is 56.6 cm³/mol. The van der Waals surface area contributed by atoms with Crippen molar-refractivity contribution in [2.75, 3.05) is 12.8 Å². The molecule has 2 N–H and O–H groups in total. The SMILES string of the molecule is COC(=O)c1c(N)cccc1CC(C)=O. The van der Waals surface area contributed by atoms with Gasteiger partial charge in [0.05, 0.1) is 12.7 Å². The minimum atomic E-state index is -0.510. The lowest BCUT2D eigenvalue weighted by Crippen LogP contribution is -2.11. The van der Waals surface area contributed by atoms with Crippen molar-refractivity contribution in [1.29, 1.82) is 0 Å². The molecule has 0 bridgehead atoms. The maximum absolute atomic E-state index is 11.4. The van der Waals surface area contributed by atoms with E-state index in [0.29, 0.717) is 11.3 Å². The van der Waals surface area contributed by atoms with Gasteiger partial charge in [0.2, 0.25) is 0 Å². The first kappa shape index (κ1) is 11.2. The molecule has 80 valence electrons. The molecule has 0 aliphatic rings. The summed E-state index contributed by atoms with van der Waals surface area (Å²) in [6, 6.07) is 5.01. The normalized spacial score (nSPS) is 9.73. The molecule has 0 aliphatic heterocycles. The van der Waals surface area contributed by atoms with Gasteiger partial charge < -0.3 is 10.5 Å². The average molecular weight is 207 g/mol. The number of rotatable bonds is 3. The Morgan fingerprint density at radius 2 is 2.07 bits per heavy atom. The Bertz CT molecular complexity index is 399. The molecule has 0 aliphatic carbocycles. The van der Waals surface area contributed by atoms with Crippen LogP contribution in [0.25, 0.3) is 0 Å². The molecular formula is C11H13NO3. The number of Topliss-reactive ketones (excluding diaryl/α,β-unsaturated/α-hetero) is 1. The van der Waals surface area contributed by atoms with E-state index in [1.54, 1.807) is 18.2 Å². The van der Waals surface area contributed by atoms with Gasteiger partial charge in [-0.15, -0.1) is 0 Å². The summed E-state index contributed by atoms with van der Waals surface area (Å²) in [6.45, 7) is 1.46. The molecule has 15 heavy (non-hydrogen) atoms. The second-order valence-corrected chi connectivity index (χ2v) is 3.25. The molecule has 0 saturated heterocycles. The summed E-state index contributed by atoms with van der Waals surface area (Å²) in [7, 11) is 1.28. The molecule has 0 fully saturated rings. The van der Waals surface area contributed by atoms with Gasteiger partial charge in [0, 0.05) is 12.1 Å². The van der Waals surface area contributed by atoms with E-state index in [9.17, 15) is 9.59 Å². The zero-order valence-corrected chi connectivity index (χ0v) is 8.74. The largest absolute Gasteiger partial charge is 0.465 e. The van der Waals surface area contributed by atoms with Crippen molar-refractivity contribution >= 4 is 17.4 Å². The topological polar surface area (TPSA) is 69.4 Å². The Balaban J connectivity index is 3.20. The quantitative estimate of drug-likeness (QED) is 0.597. The number of hydrogen-bond acceptors (Lipinski definition) is 4. The number of hydrogen-bond donors (Lipinski definition) is 1. The van der Waals surface area contributed by atoms with Gasteiger partial charge in [-0.05, 0) is 18.6 Å². The van der Waals surface area contributed by atoms with Crippen LogP contribution in [0, 0.1) is 0 Å². The Labute approximate surface area is 88.0 Å². The van der Waals surface area contributed by atoms with Gasteiger partial charge in [-0.1, -0.05) is 12.1 Å². The Kier molecular flexibility index (Phi) is 3.44. The highest BCUT2D eigenvalue weighted by atomic mass is 16.5. The lowest BCUT2D eigenvalue weighted by Gasteiger charge is -2.08. The third-order valence-electron chi connectivity index (χ3n) is 2.01. The molecule has 0 spiro atoms. The standard InChI is InChI=1S/C11H13NO3/c1-7(13)6-8-4-3-5-9(12)10(8)11(14)15-2/h3-5H,6,12H2,1-2H3. The van der Waals surface area contributed by atoms with Crippen LogP contribution in [-0.4, -0.2) is 18.9 Å². The summed E-state index contributed by atoms with van der Waals surface area (Å²) < 4.78 is 4.61. The first-order valence-electron chi connectivity index (χ1n) is 4.51. The summed E-state index contributed by atoms with van der Waals surface area (Å²) in [6.07, 6.45) is 0.190. The van der Waals surface area contributed by atoms with E-state index < -0.39 is 5.97 Å². The predicted octanol–water partition coefficient (Wildman–Crippen LogP) is 1.19. The third kappa shape index (κ3) is 2.56. The van der Waals surface area contributed by atoms with Crippen molar-refractivity contribution < 1.29 is 14.3 Å². The number of carbonyl (C=O) groups excluding carboxylic acids is 2. The zero-order chi connectivity index (χ0) is 11.4. The van der Waals surface area contributed by atoms with Crippen LogP contribution >= 0.6 is 0 Å². The van der Waals surface area contributed by atoms with Crippen molar-refractivity contribution in [3.05, 3.63) is 29.3 Å². The van der Waals surface area contributed by atoms with E-state index in [1.807, 2.05) is 0 Å². The Morgan fingerprint density at radius 3 is 2.60 bits per heavy atom. The molecule has 1 aromatic carbocycles. The molecule has 0 amide bonds. The van der Waals surface area contributed by atoms with Gasteiger partial charge in [-0.3, -0.25) is 4.79 Å². The average Bonchev–Trinajstić information content (AvgIpc) is 2.16.